The molecule has 1 aliphatic rings. The molecule has 1 aliphatic carbocycles. The van der Waals surface area contributed by atoms with Crippen LogP contribution in [0, 0.1) is 26.7 Å². The van der Waals surface area contributed by atoms with E-state index < -0.39 is 0 Å². The summed E-state index contributed by atoms with van der Waals surface area (Å²) in [6.45, 7) is 8.93. The molecule has 2 aromatic carbocycles. The van der Waals surface area contributed by atoms with Gasteiger partial charge in [-0.25, -0.2) is 0 Å². The van der Waals surface area contributed by atoms with E-state index in [0.717, 1.165) is 11.8 Å². The van der Waals surface area contributed by atoms with E-state index in [-0.39, 0.29) is 0 Å². The molecule has 0 aromatic heterocycles. The zero-order valence-electron chi connectivity index (χ0n) is 17.0. The number of hydrogen-bond donors (Lipinski definition) is 0. The largest absolute Gasteiger partial charge is 0.0883 e. The molecule has 138 valence electrons. The summed E-state index contributed by atoms with van der Waals surface area (Å²) in [5, 5.41) is 0. The molecule has 0 saturated heterocycles. The predicted octanol–water partition coefficient (Wildman–Crippen LogP) is 7.91. The lowest BCUT2D eigenvalue weighted by Crippen LogP contribution is -2.11. The zero-order chi connectivity index (χ0) is 18.5. The topological polar surface area (TPSA) is 0 Å². The van der Waals surface area contributed by atoms with Crippen molar-refractivity contribution in [2.75, 3.05) is 0 Å². The lowest BCUT2D eigenvalue weighted by atomic mass is 9.78. The van der Waals surface area contributed by atoms with Gasteiger partial charge in [0.05, 0.1) is 0 Å². The highest BCUT2D eigenvalue weighted by Gasteiger charge is 2.20. The van der Waals surface area contributed by atoms with Crippen molar-refractivity contribution in [2.45, 2.75) is 72.1 Å². The van der Waals surface area contributed by atoms with E-state index in [0.29, 0.717) is 0 Å². The summed E-state index contributed by atoms with van der Waals surface area (Å²) in [4.78, 5) is 0. The van der Waals surface area contributed by atoms with Crippen LogP contribution in [0.3, 0.4) is 0 Å². The maximum absolute atomic E-state index is 2.48. The van der Waals surface area contributed by atoms with E-state index in [1.54, 1.807) is 0 Å². The molecule has 1 fully saturated rings. The first-order valence-corrected chi connectivity index (χ1v) is 10.4. The molecule has 0 amide bonds. The van der Waals surface area contributed by atoms with E-state index in [2.05, 4.69) is 76.2 Å². The summed E-state index contributed by atoms with van der Waals surface area (Å²) >= 11 is 0. The van der Waals surface area contributed by atoms with Crippen LogP contribution in [-0.4, -0.2) is 0 Å². The van der Waals surface area contributed by atoms with Crippen LogP contribution in [0.2, 0.25) is 0 Å². The number of unbranched alkanes of at least 4 members (excludes halogenated alkanes) is 1. The Morgan fingerprint density at radius 2 is 1.54 bits per heavy atom. The van der Waals surface area contributed by atoms with Crippen LogP contribution in [-0.2, 0) is 0 Å². The van der Waals surface area contributed by atoms with Crippen LogP contribution in [0.15, 0.2) is 48.6 Å². The zero-order valence-corrected chi connectivity index (χ0v) is 17.0. The van der Waals surface area contributed by atoms with Crippen LogP contribution < -0.4 is 0 Å². The van der Waals surface area contributed by atoms with Crippen molar-refractivity contribution in [3.8, 4) is 11.1 Å². The van der Waals surface area contributed by atoms with Gasteiger partial charge in [-0.2, -0.15) is 0 Å². The van der Waals surface area contributed by atoms with Crippen molar-refractivity contribution in [1.29, 1.82) is 0 Å². The normalized spacial score (nSPS) is 20.6. The molecule has 3 rings (SSSR count). The molecule has 0 radical (unpaired) electrons. The second-order valence-corrected chi connectivity index (χ2v) is 8.13. The lowest BCUT2D eigenvalue weighted by molar-refractivity contribution is 0.375. The second kappa shape index (κ2) is 8.71. The number of rotatable bonds is 5. The molecule has 0 heterocycles. The Labute approximate surface area is 160 Å². The lowest BCUT2D eigenvalue weighted by Gasteiger charge is -2.27. The Balaban J connectivity index is 1.67. The van der Waals surface area contributed by atoms with Crippen molar-refractivity contribution < 1.29 is 0 Å². The first kappa shape index (κ1) is 19.0. The van der Waals surface area contributed by atoms with Crippen LogP contribution in [0.25, 0.3) is 11.1 Å². The number of allylic oxidation sites excluding steroid dienone is 2. The minimum atomic E-state index is 0.751. The SMILES string of the molecule is CCC/C=C/C1CCC(c2ccc(-c3ccc(C)c(C)c3C)cc2)CC1. The summed E-state index contributed by atoms with van der Waals surface area (Å²) in [6.07, 6.45) is 12.7. The fourth-order valence-electron chi connectivity index (χ4n) is 4.30. The Bertz CT molecular complexity index is 740. The molecule has 0 atom stereocenters. The Kier molecular flexibility index (Phi) is 6.35. The first-order valence-electron chi connectivity index (χ1n) is 10.4. The Morgan fingerprint density at radius 3 is 2.19 bits per heavy atom. The summed E-state index contributed by atoms with van der Waals surface area (Å²) < 4.78 is 0. The van der Waals surface area contributed by atoms with E-state index in [1.165, 1.54) is 71.9 Å². The molecule has 0 nitrogen and oxygen atoms in total. The van der Waals surface area contributed by atoms with Gasteiger partial charge >= 0.3 is 0 Å². The molecule has 0 spiro atoms. The van der Waals surface area contributed by atoms with Gasteiger partial charge in [-0.05, 0) is 98.1 Å². The average Bonchev–Trinajstić information content (AvgIpc) is 2.67. The highest BCUT2D eigenvalue weighted by atomic mass is 14.3. The molecular formula is C26H34. The fourth-order valence-corrected chi connectivity index (χ4v) is 4.30. The van der Waals surface area contributed by atoms with Gasteiger partial charge in [-0.15, -0.1) is 0 Å². The van der Waals surface area contributed by atoms with Gasteiger partial charge in [0.25, 0.3) is 0 Å². The van der Waals surface area contributed by atoms with Gasteiger partial charge in [0.1, 0.15) is 0 Å². The van der Waals surface area contributed by atoms with Crippen LogP contribution >= 0.6 is 0 Å². The first-order chi connectivity index (χ1) is 12.6. The van der Waals surface area contributed by atoms with Crippen molar-refractivity contribution >= 4 is 0 Å². The molecule has 0 heteroatoms. The van der Waals surface area contributed by atoms with Crippen LogP contribution in [0.5, 0.6) is 0 Å². The van der Waals surface area contributed by atoms with E-state index in [1.807, 2.05) is 0 Å². The molecule has 26 heavy (non-hydrogen) atoms. The van der Waals surface area contributed by atoms with Crippen LogP contribution in [0.4, 0.5) is 0 Å². The van der Waals surface area contributed by atoms with Crippen molar-refractivity contribution in [3.63, 3.8) is 0 Å². The molecule has 2 aromatic rings. The van der Waals surface area contributed by atoms with Gasteiger partial charge in [0, 0.05) is 0 Å². The highest BCUT2D eigenvalue weighted by Crippen LogP contribution is 2.37. The quantitative estimate of drug-likeness (QED) is 0.482. The number of benzene rings is 2. The Morgan fingerprint density at radius 1 is 0.846 bits per heavy atom. The van der Waals surface area contributed by atoms with E-state index in [9.17, 15) is 0 Å². The summed E-state index contributed by atoms with van der Waals surface area (Å²) in [7, 11) is 0. The van der Waals surface area contributed by atoms with Gasteiger partial charge < -0.3 is 0 Å². The standard InChI is InChI=1S/C26H34/c1-5-6-7-8-22-10-12-23(13-11-22)24-14-16-25(17-15-24)26-18-9-19(2)20(3)21(26)4/h7-9,14-18,22-23H,5-6,10-13H2,1-4H3/b8-7+. The molecular weight excluding hydrogens is 312 g/mol. The predicted molar refractivity (Wildman–Crippen MR) is 115 cm³/mol. The third-order valence-corrected chi connectivity index (χ3v) is 6.39. The monoisotopic (exact) mass is 346 g/mol. The minimum Gasteiger partial charge on any atom is -0.0883 e. The van der Waals surface area contributed by atoms with Crippen molar-refractivity contribution in [1.82, 2.24) is 0 Å². The van der Waals surface area contributed by atoms with Crippen molar-refractivity contribution in [3.05, 3.63) is 70.8 Å². The fraction of sp³-hybridized carbons (Fsp3) is 0.462. The van der Waals surface area contributed by atoms with Gasteiger partial charge in [-0.1, -0.05) is 61.9 Å². The van der Waals surface area contributed by atoms with Crippen LogP contribution in [0.1, 0.15) is 73.6 Å². The maximum Gasteiger partial charge on any atom is -0.0152 e. The molecule has 1 saturated carbocycles. The average molecular weight is 347 g/mol. The summed E-state index contributed by atoms with van der Waals surface area (Å²) in [5.41, 5.74) is 8.48. The number of hydrogen-bond acceptors (Lipinski definition) is 0. The molecule has 0 unspecified atom stereocenters. The molecule has 0 aliphatic heterocycles. The van der Waals surface area contributed by atoms with Crippen molar-refractivity contribution in [2.24, 2.45) is 5.92 Å². The smallest absolute Gasteiger partial charge is 0.0152 e. The summed E-state index contributed by atoms with van der Waals surface area (Å²) in [5.74, 6) is 1.57. The van der Waals surface area contributed by atoms with E-state index >= 15 is 0 Å². The third-order valence-electron chi connectivity index (χ3n) is 6.39. The molecule has 0 N–H and O–H groups in total. The minimum absolute atomic E-state index is 0.751. The van der Waals surface area contributed by atoms with Gasteiger partial charge in [0.2, 0.25) is 0 Å². The van der Waals surface area contributed by atoms with E-state index in [4.69, 9.17) is 0 Å². The maximum atomic E-state index is 2.48. The van der Waals surface area contributed by atoms with Gasteiger partial charge in [0.15, 0.2) is 0 Å². The Hall–Kier alpha value is -1.82. The third kappa shape index (κ3) is 4.29. The second-order valence-electron chi connectivity index (χ2n) is 8.13. The molecule has 0 bridgehead atoms. The van der Waals surface area contributed by atoms with Gasteiger partial charge in [-0.3, -0.25) is 0 Å². The highest BCUT2D eigenvalue weighted by molar-refractivity contribution is 5.69. The number of aryl methyl sites for hydroxylation is 1. The summed E-state index contributed by atoms with van der Waals surface area (Å²) in [6, 6.07) is 13.9.